The molecule has 1 saturated carbocycles. The van der Waals surface area contributed by atoms with E-state index >= 15 is 0 Å². The number of nitrogens with zero attached hydrogens (tertiary/aromatic N) is 1. The fourth-order valence-corrected chi connectivity index (χ4v) is 2.64. The van der Waals surface area contributed by atoms with Crippen molar-refractivity contribution in [2.45, 2.75) is 37.3 Å². The van der Waals surface area contributed by atoms with E-state index in [1.807, 2.05) is 24.3 Å². The molecule has 6 heteroatoms. The summed E-state index contributed by atoms with van der Waals surface area (Å²) in [5.74, 6) is 1.10. The normalized spacial score (nSPS) is 22.0. The molecule has 0 bridgehead atoms. The Hall–Kier alpha value is -2.34. The van der Waals surface area contributed by atoms with Gasteiger partial charge in [-0.1, -0.05) is 6.08 Å². The molecule has 2 aliphatic rings. The molecule has 1 aliphatic carbocycles. The van der Waals surface area contributed by atoms with Gasteiger partial charge in [-0.25, -0.2) is 4.99 Å². The van der Waals surface area contributed by atoms with Gasteiger partial charge in [0.1, 0.15) is 12.4 Å². The van der Waals surface area contributed by atoms with E-state index in [0.29, 0.717) is 25.3 Å². The Balaban J connectivity index is 1.71. The molecular formula is C19H24N2O4. The summed E-state index contributed by atoms with van der Waals surface area (Å²) in [4.78, 5) is 17.2. The highest BCUT2D eigenvalue weighted by molar-refractivity contribution is 6.00. The molecule has 0 radical (unpaired) electrons. The van der Waals surface area contributed by atoms with E-state index < -0.39 is 5.54 Å². The minimum absolute atomic E-state index is 0.0890. The van der Waals surface area contributed by atoms with E-state index in [-0.39, 0.29) is 25.2 Å². The van der Waals surface area contributed by atoms with Gasteiger partial charge in [0.25, 0.3) is 5.91 Å². The lowest BCUT2D eigenvalue weighted by Gasteiger charge is -2.21. The van der Waals surface area contributed by atoms with Crippen molar-refractivity contribution in [3.05, 3.63) is 42.5 Å². The Labute approximate surface area is 147 Å². The molecule has 1 aromatic rings. The van der Waals surface area contributed by atoms with Crippen LogP contribution in [-0.2, 0) is 9.53 Å². The summed E-state index contributed by atoms with van der Waals surface area (Å²) in [5.41, 5.74) is -0.115. The van der Waals surface area contributed by atoms with Crippen LogP contribution in [0.1, 0.15) is 31.2 Å². The minimum atomic E-state index is -0.921. The summed E-state index contributed by atoms with van der Waals surface area (Å²) in [7, 11) is 0. The van der Waals surface area contributed by atoms with E-state index in [4.69, 9.17) is 14.6 Å². The summed E-state index contributed by atoms with van der Waals surface area (Å²) in [6, 6.07) is 7.65. The van der Waals surface area contributed by atoms with Crippen molar-refractivity contribution in [1.82, 2.24) is 5.32 Å². The van der Waals surface area contributed by atoms with Gasteiger partial charge in [-0.3, -0.25) is 4.79 Å². The maximum absolute atomic E-state index is 12.6. The van der Waals surface area contributed by atoms with Crippen LogP contribution in [0.3, 0.4) is 0 Å². The predicted molar refractivity (Wildman–Crippen MR) is 94.8 cm³/mol. The Morgan fingerprint density at radius 2 is 2.20 bits per heavy atom. The van der Waals surface area contributed by atoms with Crippen LogP contribution in [0.4, 0.5) is 0 Å². The number of hydrogen-bond donors (Lipinski definition) is 2. The highest BCUT2D eigenvalue weighted by atomic mass is 16.5. The Morgan fingerprint density at radius 1 is 1.44 bits per heavy atom. The largest absolute Gasteiger partial charge is 0.494 e. The van der Waals surface area contributed by atoms with Crippen molar-refractivity contribution in [1.29, 1.82) is 0 Å². The smallest absolute Gasteiger partial charge is 0.252 e. The molecule has 0 unspecified atom stereocenters. The number of rotatable bonds is 9. The molecule has 25 heavy (non-hydrogen) atoms. The first-order valence-electron chi connectivity index (χ1n) is 8.65. The fraction of sp³-hybridized carbons (Fsp3) is 0.474. The average molecular weight is 344 g/mol. The SMILES string of the molecule is C=CC[C@]1(C(=O)NC2CC2)COC(c2ccc(OCCCO)cc2)=N1. The molecule has 0 saturated heterocycles. The lowest BCUT2D eigenvalue weighted by molar-refractivity contribution is -0.126. The summed E-state index contributed by atoms with van der Waals surface area (Å²) < 4.78 is 11.3. The highest BCUT2D eigenvalue weighted by Crippen LogP contribution is 2.29. The second-order valence-electron chi connectivity index (χ2n) is 6.43. The molecule has 1 heterocycles. The standard InChI is InChI=1S/C19H24N2O4/c1-2-10-19(18(23)20-15-6-7-15)13-25-17(21-19)14-4-8-16(9-5-14)24-12-3-11-22/h2,4-5,8-9,15,22H,1,3,6-7,10-13H2,(H,20,23)/t19-/m1/s1. The predicted octanol–water partition coefficient (Wildman–Crippen LogP) is 1.82. The van der Waals surface area contributed by atoms with Crippen LogP contribution in [-0.4, -0.2) is 48.3 Å². The molecule has 1 fully saturated rings. The molecule has 1 aliphatic heterocycles. The van der Waals surface area contributed by atoms with Crippen molar-refractivity contribution >= 4 is 11.8 Å². The topological polar surface area (TPSA) is 80.2 Å². The van der Waals surface area contributed by atoms with Crippen molar-refractivity contribution in [2.75, 3.05) is 19.8 Å². The number of nitrogens with one attached hydrogen (secondary N) is 1. The Morgan fingerprint density at radius 3 is 2.84 bits per heavy atom. The lowest BCUT2D eigenvalue weighted by Crippen LogP contribution is -2.47. The lowest BCUT2D eigenvalue weighted by atomic mass is 9.96. The first kappa shape index (κ1) is 17.5. The zero-order valence-corrected chi connectivity index (χ0v) is 14.2. The summed E-state index contributed by atoms with van der Waals surface area (Å²) in [6.45, 7) is 4.55. The third kappa shape index (κ3) is 4.20. The van der Waals surface area contributed by atoms with E-state index in [1.165, 1.54) is 0 Å². The summed E-state index contributed by atoms with van der Waals surface area (Å²) in [5, 5.41) is 11.8. The maximum Gasteiger partial charge on any atom is 0.252 e. The van der Waals surface area contributed by atoms with Crippen LogP contribution in [0.25, 0.3) is 0 Å². The number of hydrogen-bond acceptors (Lipinski definition) is 5. The number of carbonyl (C=O) groups is 1. The van der Waals surface area contributed by atoms with Gasteiger partial charge in [0.15, 0.2) is 5.54 Å². The molecule has 6 nitrogen and oxygen atoms in total. The quantitative estimate of drug-likeness (QED) is 0.529. The van der Waals surface area contributed by atoms with Gasteiger partial charge in [-0.05, 0) is 37.1 Å². The number of aliphatic hydroxyl groups excluding tert-OH is 1. The van der Waals surface area contributed by atoms with E-state index in [1.54, 1.807) is 6.08 Å². The number of ether oxygens (including phenoxy) is 2. The summed E-state index contributed by atoms with van der Waals surface area (Å²) in [6.07, 6.45) is 4.81. The molecule has 1 atom stereocenters. The van der Waals surface area contributed by atoms with Crippen LogP contribution in [0, 0.1) is 0 Å². The first-order chi connectivity index (χ1) is 12.2. The van der Waals surface area contributed by atoms with Gasteiger partial charge in [-0.2, -0.15) is 0 Å². The van der Waals surface area contributed by atoms with Crippen molar-refractivity contribution in [2.24, 2.45) is 4.99 Å². The van der Waals surface area contributed by atoms with E-state index in [2.05, 4.69) is 16.9 Å². The Kier molecular flexibility index (Phi) is 5.38. The highest BCUT2D eigenvalue weighted by Gasteiger charge is 2.44. The molecule has 2 N–H and O–H groups in total. The third-order valence-corrected chi connectivity index (χ3v) is 4.25. The van der Waals surface area contributed by atoms with Crippen LogP contribution < -0.4 is 10.1 Å². The van der Waals surface area contributed by atoms with Gasteiger partial charge >= 0.3 is 0 Å². The third-order valence-electron chi connectivity index (χ3n) is 4.25. The molecule has 1 aromatic carbocycles. The molecule has 134 valence electrons. The molecular weight excluding hydrogens is 320 g/mol. The van der Waals surface area contributed by atoms with Gasteiger partial charge in [0.2, 0.25) is 5.90 Å². The second kappa shape index (κ2) is 7.70. The van der Waals surface area contributed by atoms with Gasteiger partial charge in [0, 0.05) is 31.1 Å². The molecule has 1 amide bonds. The zero-order valence-electron chi connectivity index (χ0n) is 14.2. The van der Waals surface area contributed by atoms with Crippen LogP contribution >= 0.6 is 0 Å². The van der Waals surface area contributed by atoms with Crippen LogP contribution in [0.15, 0.2) is 41.9 Å². The molecule has 0 spiro atoms. The minimum Gasteiger partial charge on any atom is -0.494 e. The second-order valence-corrected chi connectivity index (χ2v) is 6.43. The van der Waals surface area contributed by atoms with Crippen molar-refractivity contribution in [3.63, 3.8) is 0 Å². The number of amides is 1. The van der Waals surface area contributed by atoms with Crippen molar-refractivity contribution in [3.8, 4) is 5.75 Å². The van der Waals surface area contributed by atoms with Crippen LogP contribution in [0.2, 0.25) is 0 Å². The van der Waals surface area contributed by atoms with Gasteiger partial charge < -0.3 is 19.9 Å². The van der Waals surface area contributed by atoms with E-state index in [9.17, 15) is 4.79 Å². The Bertz CT molecular complexity index is 652. The van der Waals surface area contributed by atoms with E-state index in [0.717, 1.165) is 24.2 Å². The average Bonchev–Trinajstić information content (AvgIpc) is 3.33. The molecule has 3 rings (SSSR count). The monoisotopic (exact) mass is 344 g/mol. The number of aliphatic hydroxyl groups is 1. The summed E-state index contributed by atoms with van der Waals surface area (Å²) >= 11 is 0. The maximum atomic E-state index is 12.6. The van der Waals surface area contributed by atoms with Crippen molar-refractivity contribution < 1.29 is 19.4 Å². The zero-order chi connectivity index (χ0) is 17.7. The van der Waals surface area contributed by atoms with Gasteiger partial charge in [0.05, 0.1) is 6.61 Å². The number of aliphatic imine (C=N–C) groups is 1. The first-order valence-corrected chi connectivity index (χ1v) is 8.65. The number of benzene rings is 1. The van der Waals surface area contributed by atoms with Gasteiger partial charge in [-0.15, -0.1) is 6.58 Å². The van der Waals surface area contributed by atoms with Crippen LogP contribution in [0.5, 0.6) is 5.75 Å². The fourth-order valence-electron chi connectivity index (χ4n) is 2.64. The number of carbonyl (C=O) groups excluding carboxylic acids is 1. The molecule has 0 aromatic heterocycles.